The van der Waals surface area contributed by atoms with Crippen LogP contribution in [-0.4, -0.2) is 47.7 Å². The Kier molecular flexibility index (Phi) is 6.70. The van der Waals surface area contributed by atoms with Gasteiger partial charge in [-0.2, -0.15) is 0 Å². The first-order valence-electron chi connectivity index (χ1n) is 11.2. The maximum atomic E-state index is 6.04. The summed E-state index contributed by atoms with van der Waals surface area (Å²) in [4.78, 5) is 10.9. The second-order valence-corrected chi connectivity index (χ2v) is 8.92. The molecular formula is C25H34N4O. The Hall–Kier alpha value is -2.37. The van der Waals surface area contributed by atoms with Crippen molar-refractivity contribution >= 4 is 11.0 Å². The molecule has 3 aromatic rings. The van der Waals surface area contributed by atoms with Gasteiger partial charge in [0.05, 0.1) is 23.7 Å². The number of piperidine rings is 1. The highest BCUT2D eigenvalue weighted by Gasteiger charge is 2.24. The quantitative estimate of drug-likeness (QED) is 0.566. The van der Waals surface area contributed by atoms with Crippen molar-refractivity contribution in [3.05, 3.63) is 59.9 Å². The average Bonchev–Trinajstić information content (AvgIpc) is 3.17. The van der Waals surface area contributed by atoms with Crippen LogP contribution >= 0.6 is 0 Å². The number of imidazole rings is 1. The lowest BCUT2D eigenvalue weighted by Crippen LogP contribution is -2.42. The maximum Gasteiger partial charge on any atom is 0.129 e. The van der Waals surface area contributed by atoms with Crippen molar-refractivity contribution in [1.29, 1.82) is 0 Å². The molecule has 1 aliphatic rings. The number of benzene rings is 2. The first kappa shape index (κ1) is 20.9. The zero-order valence-corrected chi connectivity index (χ0v) is 18.4. The van der Waals surface area contributed by atoms with Gasteiger partial charge in [-0.1, -0.05) is 38.1 Å². The minimum absolute atomic E-state index is 0.0134. The van der Waals surface area contributed by atoms with Gasteiger partial charge in [0.2, 0.25) is 0 Å². The Morgan fingerprint density at radius 2 is 1.93 bits per heavy atom. The van der Waals surface area contributed by atoms with Crippen LogP contribution in [0.15, 0.2) is 48.5 Å². The van der Waals surface area contributed by atoms with Gasteiger partial charge in [0, 0.05) is 6.04 Å². The minimum Gasteiger partial charge on any atom is -0.494 e. The monoisotopic (exact) mass is 406 g/mol. The van der Waals surface area contributed by atoms with Crippen molar-refractivity contribution < 1.29 is 4.74 Å². The van der Waals surface area contributed by atoms with E-state index in [2.05, 4.69) is 72.5 Å². The maximum absolute atomic E-state index is 6.04. The molecule has 0 aliphatic carbocycles. The third-order valence-electron chi connectivity index (χ3n) is 5.96. The number of nitrogens with one attached hydrogen (secondary N) is 2. The molecule has 5 nitrogen and oxygen atoms in total. The van der Waals surface area contributed by atoms with Crippen molar-refractivity contribution in [2.24, 2.45) is 5.92 Å². The Labute approximate surface area is 179 Å². The molecule has 1 saturated heterocycles. The zero-order chi connectivity index (χ0) is 20.9. The molecule has 0 spiro atoms. The van der Waals surface area contributed by atoms with Crippen LogP contribution in [0.1, 0.15) is 50.5 Å². The Morgan fingerprint density at radius 1 is 1.13 bits per heavy atom. The summed E-state index contributed by atoms with van der Waals surface area (Å²) >= 11 is 0. The highest BCUT2D eigenvalue weighted by molar-refractivity contribution is 5.75. The molecule has 30 heavy (non-hydrogen) atoms. The lowest BCUT2D eigenvalue weighted by atomic mass is 10.0. The Morgan fingerprint density at radius 3 is 2.70 bits per heavy atom. The molecule has 1 aromatic heterocycles. The topological polar surface area (TPSA) is 53.2 Å². The van der Waals surface area contributed by atoms with E-state index in [1.807, 2.05) is 12.1 Å². The molecule has 4 rings (SSSR count). The van der Waals surface area contributed by atoms with Gasteiger partial charge >= 0.3 is 0 Å². The number of ether oxygens (including phenoxy) is 1. The number of aromatic amines is 1. The van der Waals surface area contributed by atoms with E-state index in [-0.39, 0.29) is 6.04 Å². The van der Waals surface area contributed by atoms with Gasteiger partial charge in [0.15, 0.2) is 0 Å². The van der Waals surface area contributed by atoms with Crippen LogP contribution in [0.25, 0.3) is 11.0 Å². The molecule has 1 unspecified atom stereocenters. The molecule has 2 aromatic carbocycles. The largest absolute Gasteiger partial charge is 0.494 e. The van der Waals surface area contributed by atoms with Gasteiger partial charge in [0.1, 0.15) is 11.6 Å². The Bertz CT molecular complexity index is 910. The summed E-state index contributed by atoms with van der Waals surface area (Å²) < 4.78 is 6.04. The van der Waals surface area contributed by atoms with Crippen molar-refractivity contribution in [1.82, 2.24) is 20.2 Å². The molecule has 2 N–H and O–H groups in total. The highest BCUT2D eigenvalue weighted by atomic mass is 16.5. The summed E-state index contributed by atoms with van der Waals surface area (Å²) in [5.41, 5.74) is 3.27. The number of hydrogen-bond acceptors (Lipinski definition) is 4. The molecule has 0 bridgehead atoms. The van der Waals surface area contributed by atoms with E-state index >= 15 is 0 Å². The summed E-state index contributed by atoms with van der Waals surface area (Å²) in [7, 11) is 2.20. The first-order chi connectivity index (χ1) is 14.6. The van der Waals surface area contributed by atoms with E-state index < -0.39 is 0 Å². The van der Waals surface area contributed by atoms with Gasteiger partial charge in [-0.25, -0.2) is 4.98 Å². The molecule has 160 valence electrons. The lowest BCUT2D eigenvalue weighted by Gasteiger charge is -2.32. The van der Waals surface area contributed by atoms with E-state index in [0.717, 1.165) is 61.6 Å². The second-order valence-electron chi connectivity index (χ2n) is 8.92. The second kappa shape index (κ2) is 9.63. The molecule has 1 aliphatic heterocycles. The molecular weight excluding hydrogens is 372 g/mol. The van der Waals surface area contributed by atoms with E-state index in [4.69, 9.17) is 9.72 Å². The van der Waals surface area contributed by atoms with Crippen LogP contribution in [-0.2, 0) is 0 Å². The number of rotatable bonds is 8. The fourth-order valence-electron chi connectivity index (χ4n) is 4.05. The summed E-state index contributed by atoms with van der Waals surface area (Å²) in [6, 6.07) is 17.2. The van der Waals surface area contributed by atoms with Crippen LogP contribution in [0.5, 0.6) is 5.75 Å². The van der Waals surface area contributed by atoms with Crippen molar-refractivity contribution in [3.8, 4) is 5.75 Å². The normalized spacial score (nSPS) is 16.9. The highest BCUT2D eigenvalue weighted by Crippen LogP contribution is 2.27. The number of hydrogen-bond donors (Lipinski definition) is 2. The smallest absolute Gasteiger partial charge is 0.129 e. The molecule has 0 amide bonds. The van der Waals surface area contributed by atoms with Crippen LogP contribution < -0.4 is 10.1 Å². The third-order valence-corrected chi connectivity index (χ3v) is 5.96. The van der Waals surface area contributed by atoms with E-state index in [1.54, 1.807) is 0 Å². The molecule has 5 heteroatoms. The van der Waals surface area contributed by atoms with Crippen LogP contribution in [0.3, 0.4) is 0 Å². The summed E-state index contributed by atoms with van der Waals surface area (Å²) in [5, 5.41) is 3.90. The lowest BCUT2D eigenvalue weighted by molar-refractivity contribution is 0.228. The molecule has 1 atom stereocenters. The molecule has 1 fully saturated rings. The van der Waals surface area contributed by atoms with Gasteiger partial charge < -0.3 is 19.9 Å². The van der Waals surface area contributed by atoms with Gasteiger partial charge in [0.25, 0.3) is 0 Å². The van der Waals surface area contributed by atoms with E-state index in [1.165, 1.54) is 5.56 Å². The predicted octanol–water partition coefficient (Wildman–Crippen LogP) is 4.76. The van der Waals surface area contributed by atoms with Crippen molar-refractivity contribution in [3.63, 3.8) is 0 Å². The average molecular weight is 407 g/mol. The minimum atomic E-state index is 0.0134. The summed E-state index contributed by atoms with van der Waals surface area (Å²) in [5.74, 6) is 2.54. The fourth-order valence-corrected chi connectivity index (χ4v) is 4.05. The van der Waals surface area contributed by atoms with Gasteiger partial charge in [-0.05, 0) is 75.1 Å². The van der Waals surface area contributed by atoms with Crippen molar-refractivity contribution in [2.75, 3.05) is 26.7 Å². The number of H-pyrrole nitrogens is 1. The van der Waals surface area contributed by atoms with Crippen LogP contribution in [0.2, 0.25) is 0 Å². The molecule has 0 saturated carbocycles. The third kappa shape index (κ3) is 5.21. The number of aromatic nitrogens is 2. The molecule has 0 radical (unpaired) electrons. The number of para-hydroxylation sites is 2. The fraction of sp³-hybridized carbons (Fsp3) is 0.480. The van der Waals surface area contributed by atoms with Crippen molar-refractivity contribution in [2.45, 2.75) is 45.2 Å². The SMILES string of the molecule is CC(C)CCOc1cccc(C(NC2CCN(C)CC2)c2nc3ccccc3[nH]2)c1. The summed E-state index contributed by atoms with van der Waals surface area (Å²) in [6.45, 7) is 7.45. The summed E-state index contributed by atoms with van der Waals surface area (Å²) in [6.07, 6.45) is 3.36. The number of nitrogens with zero attached hydrogens (tertiary/aromatic N) is 2. The molecule has 2 heterocycles. The van der Waals surface area contributed by atoms with Crippen LogP contribution in [0, 0.1) is 5.92 Å². The standard InChI is InChI=1S/C25H34N4O/c1-18(2)13-16-30-21-8-6-7-19(17-21)24(26-20-11-14-29(3)15-12-20)25-27-22-9-4-5-10-23(22)28-25/h4-10,17-18,20,24,26H,11-16H2,1-3H3,(H,27,28). The number of fused-ring (bicyclic) bond motifs is 1. The zero-order valence-electron chi connectivity index (χ0n) is 18.4. The van der Waals surface area contributed by atoms with E-state index in [0.29, 0.717) is 12.0 Å². The van der Waals surface area contributed by atoms with Crippen LogP contribution in [0.4, 0.5) is 0 Å². The first-order valence-corrected chi connectivity index (χ1v) is 11.2. The number of likely N-dealkylation sites (tertiary alicyclic amines) is 1. The van der Waals surface area contributed by atoms with E-state index in [9.17, 15) is 0 Å². The Balaban J connectivity index is 1.59. The van der Waals surface area contributed by atoms with Gasteiger partial charge in [-0.15, -0.1) is 0 Å². The van der Waals surface area contributed by atoms with Gasteiger partial charge in [-0.3, -0.25) is 0 Å². The predicted molar refractivity (Wildman–Crippen MR) is 123 cm³/mol.